The van der Waals surface area contributed by atoms with Gasteiger partial charge in [-0.3, -0.25) is 9.59 Å². The normalized spacial score (nSPS) is 20.1. The molecule has 2 N–H and O–H groups in total. The van der Waals surface area contributed by atoms with E-state index in [0.717, 1.165) is 5.56 Å². The van der Waals surface area contributed by atoms with Gasteiger partial charge in [0, 0.05) is 12.1 Å². The van der Waals surface area contributed by atoms with Crippen molar-refractivity contribution in [1.29, 1.82) is 0 Å². The van der Waals surface area contributed by atoms with E-state index in [1.165, 1.54) is 0 Å². The van der Waals surface area contributed by atoms with Crippen molar-refractivity contribution in [3.8, 4) is 0 Å². The molecule has 7 heteroatoms. The van der Waals surface area contributed by atoms with Crippen LogP contribution in [-0.4, -0.2) is 10.9 Å². The number of carbonyl (C=O) groups excluding carboxylic acids is 1. The fourth-order valence-corrected chi connectivity index (χ4v) is 2.52. The Labute approximate surface area is 129 Å². The lowest BCUT2D eigenvalue weighted by Crippen LogP contribution is -2.22. The number of aromatic amines is 1. The number of aromatic nitrogens is 1. The number of carbonyl (C=O) groups is 1. The minimum absolute atomic E-state index is 0.0427. The molecule has 0 aliphatic heterocycles. The summed E-state index contributed by atoms with van der Waals surface area (Å²) < 4.78 is 38.0. The monoisotopic (exact) mass is 322 g/mol. The summed E-state index contributed by atoms with van der Waals surface area (Å²) in [5.74, 6) is -0.726. The zero-order valence-electron chi connectivity index (χ0n) is 11.9. The lowest BCUT2D eigenvalue weighted by atomic mass is 10.1. The highest BCUT2D eigenvalue weighted by molar-refractivity contribution is 5.95. The van der Waals surface area contributed by atoms with Crippen LogP contribution in [0, 0.1) is 5.92 Å². The molecule has 1 fully saturated rings. The molecule has 1 aromatic carbocycles. The number of pyridine rings is 1. The van der Waals surface area contributed by atoms with Crippen LogP contribution in [0.3, 0.4) is 0 Å². The van der Waals surface area contributed by atoms with Gasteiger partial charge in [0.05, 0.1) is 5.56 Å². The second-order valence-electron chi connectivity index (χ2n) is 5.48. The zero-order valence-corrected chi connectivity index (χ0v) is 11.9. The quantitative estimate of drug-likeness (QED) is 0.912. The van der Waals surface area contributed by atoms with Crippen molar-refractivity contribution in [3.05, 3.63) is 64.1 Å². The third-order valence-corrected chi connectivity index (χ3v) is 3.84. The number of nitrogens with one attached hydrogen (secondary N) is 2. The van der Waals surface area contributed by atoms with E-state index >= 15 is 0 Å². The van der Waals surface area contributed by atoms with Gasteiger partial charge in [0.25, 0.3) is 5.56 Å². The number of alkyl halides is 3. The van der Waals surface area contributed by atoms with Gasteiger partial charge in [0.2, 0.25) is 5.91 Å². The Kier molecular flexibility index (Phi) is 3.71. The average Bonchev–Trinajstić information content (AvgIpc) is 3.30. The number of halogens is 3. The molecule has 1 saturated carbocycles. The molecule has 0 bridgehead atoms. The standard InChI is InChI=1S/C16H13F3N2O2/c17-16(18,19)10-6-13(15(23)20-8-10)21-14(22)12-7-11(12)9-4-2-1-3-5-9/h1-6,8,11-12H,7H2,(H,20,23)(H,21,22)/t11-,12-/m1/s1. The van der Waals surface area contributed by atoms with E-state index in [1.54, 1.807) is 0 Å². The van der Waals surface area contributed by atoms with Crippen molar-refractivity contribution in [2.75, 3.05) is 5.32 Å². The van der Waals surface area contributed by atoms with Crippen LogP contribution >= 0.6 is 0 Å². The number of rotatable bonds is 3. The number of benzene rings is 1. The fourth-order valence-electron chi connectivity index (χ4n) is 2.52. The van der Waals surface area contributed by atoms with Crippen LogP contribution in [0.1, 0.15) is 23.5 Å². The van der Waals surface area contributed by atoms with Crippen LogP contribution < -0.4 is 10.9 Å². The molecule has 23 heavy (non-hydrogen) atoms. The number of hydrogen-bond acceptors (Lipinski definition) is 2. The highest BCUT2D eigenvalue weighted by atomic mass is 19.4. The van der Waals surface area contributed by atoms with Gasteiger partial charge >= 0.3 is 6.18 Å². The number of anilines is 1. The molecule has 3 rings (SSSR count). The van der Waals surface area contributed by atoms with E-state index in [9.17, 15) is 22.8 Å². The third-order valence-electron chi connectivity index (χ3n) is 3.84. The summed E-state index contributed by atoms with van der Waals surface area (Å²) in [5.41, 5.74) is -1.15. The Bertz CT molecular complexity index is 784. The molecule has 1 aromatic heterocycles. The van der Waals surface area contributed by atoms with Crippen LogP contribution in [0.25, 0.3) is 0 Å². The molecule has 4 nitrogen and oxygen atoms in total. The summed E-state index contributed by atoms with van der Waals surface area (Å²) in [6.07, 6.45) is -3.38. The lowest BCUT2D eigenvalue weighted by Gasteiger charge is -2.09. The summed E-state index contributed by atoms with van der Waals surface area (Å²) in [5, 5.41) is 2.30. The van der Waals surface area contributed by atoms with Gasteiger partial charge in [0.1, 0.15) is 5.69 Å². The first-order valence-corrected chi connectivity index (χ1v) is 7.02. The van der Waals surface area contributed by atoms with Crippen LogP contribution in [0.15, 0.2) is 47.4 Å². The van der Waals surface area contributed by atoms with Gasteiger partial charge in [-0.1, -0.05) is 30.3 Å². The van der Waals surface area contributed by atoms with Gasteiger partial charge in [-0.05, 0) is 24.0 Å². The molecule has 1 aliphatic carbocycles. The minimum Gasteiger partial charge on any atom is -0.327 e. The molecule has 2 aromatic rings. The van der Waals surface area contributed by atoms with Crippen molar-refractivity contribution >= 4 is 11.6 Å². The van der Waals surface area contributed by atoms with Gasteiger partial charge in [-0.25, -0.2) is 0 Å². The van der Waals surface area contributed by atoms with Crippen molar-refractivity contribution < 1.29 is 18.0 Å². The Balaban J connectivity index is 1.73. The van der Waals surface area contributed by atoms with E-state index in [1.807, 2.05) is 35.3 Å². The molecule has 120 valence electrons. The molecule has 0 spiro atoms. The molecule has 0 radical (unpaired) electrons. The summed E-state index contributed by atoms with van der Waals surface area (Å²) in [6, 6.07) is 10.0. The molecule has 1 aliphatic rings. The maximum absolute atomic E-state index is 12.7. The third kappa shape index (κ3) is 3.28. The minimum atomic E-state index is -4.59. The van der Waals surface area contributed by atoms with Crippen LogP contribution in [0.5, 0.6) is 0 Å². The van der Waals surface area contributed by atoms with E-state index in [-0.39, 0.29) is 17.5 Å². The van der Waals surface area contributed by atoms with E-state index in [0.29, 0.717) is 18.7 Å². The fraction of sp³-hybridized carbons (Fsp3) is 0.250. The largest absolute Gasteiger partial charge is 0.417 e. The summed E-state index contributed by atoms with van der Waals surface area (Å²) >= 11 is 0. The SMILES string of the molecule is O=C(Nc1cc(C(F)(F)F)c[nH]c1=O)[C@@H]1C[C@@H]1c1ccccc1. The van der Waals surface area contributed by atoms with Gasteiger partial charge in [-0.2, -0.15) is 13.2 Å². The predicted molar refractivity (Wildman–Crippen MR) is 78.0 cm³/mol. The first-order chi connectivity index (χ1) is 10.9. The maximum atomic E-state index is 12.7. The number of amides is 1. The van der Waals surface area contributed by atoms with Crippen molar-refractivity contribution in [2.24, 2.45) is 5.92 Å². The smallest absolute Gasteiger partial charge is 0.327 e. The molecule has 2 atom stereocenters. The molecule has 1 heterocycles. The van der Waals surface area contributed by atoms with Crippen LogP contribution in [-0.2, 0) is 11.0 Å². The number of H-pyrrole nitrogens is 1. The molecule has 0 saturated heterocycles. The Hall–Kier alpha value is -2.57. The van der Waals surface area contributed by atoms with Gasteiger partial charge in [-0.15, -0.1) is 0 Å². The molecular formula is C16H13F3N2O2. The van der Waals surface area contributed by atoms with Crippen molar-refractivity contribution in [1.82, 2.24) is 4.98 Å². The van der Waals surface area contributed by atoms with Crippen LogP contribution in [0.4, 0.5) is 18.9 Å². The maximum Gasteiger partial charge on any atom is 0.417 e. The summed E-state index contributed by atoms with van der Waals surface area (Å²) in [4.78, 5) is 25.7. The van der Waals surface area contributed by atoms with E-state index in [4.69, 9.17) is 0 Å². The van der Waals surface area contributed by atoms with Crippen LogP contribution in [0.2, 0.25) is 0 Å². The highest BCUT2D eigenvalue weighted by Gasteiger charge is 2.44. The first-order valence-electron chi connectivity index (χ1n) is 7.02. The topological polar surface area (TPSA) is 62.0 Å². The van der Waals surface area contributed by atoms with Gasteiger partial charge < -0.3 is 10.3 Å². The summed E-state index contributed by atoms with van der Waals surface area (Å²) in [7, 11) is 0. The second-order valence-corrected chi connectivity index (χ2v) is 5.48. The Morgan fingerprint density at radius 1 is 1.22 bits per heavy atom. The first kappa shape index (κ1) is 15.3. The van der Waals surface area contributed by atoms with Crippen molar-refractivity contribution in [3.63, 3.8) is 0 Å². The number of hydrogen-bond donors (Lipinski definition) is 2. The van der Waals surface area contributed by atoms with Gasteiger partial charge in [0.15, 0.2) is 0 Å². The zero-order chi connectivity index (χ0) is 16.6. The molecular weight excluding hydrogens is 309 g/mol. The van der Waals surface area contributed by atoms with E-state index < -0.39 is 23.2 Å². The molecule has 0 unspecified atom stereocenters. The Morgan fingerprint density at radius 2 is 1.91 bits per heavy atom. The van der Waals surface area contributed by atoms with Crippen molar-refractivity contribution in [2.45, 2.75) is 18.5 Å². The average molecular weight is 322 g/mol. The second kappa shape index (κ2) is 5.57. The van der Waals surface area contributed by atoms with E-state index in [2.05, 4.69) is 5.32 Å². The highest BCUT2D eigenvalue weighted by Crippen LogP contribution is 2.47. The Morgan fingerprint density at radius 3 is 2.57 bits per heavy atom. The predicted octanol–water partition coefficient (Wildman–Crippen LogP) is 3.14. The lowest BCUT2D eigenvalue weighted by molar-refractivity contribution is -0.137. The molecule has 1 amide bonds. The summed E-state index contributed by atoms with van der Waals surface area (Å²) in [6.45, 7) is 0.